The standard InChI is InChI=1S/C33H47FN4O5/c1-18(2)28(39)27-20(4)26(17-38(27)31(40)29(33(5,6)7)37-32(41)42)43-30-24(12-10-8-9-11-21-15-19(21)3)35-23-14-13-22(34)16-25(23)36-30/h13-14,16,18-21,26-27,29,37H,8-12,15,17H2,1-7H3,(H,41,42)/t19?,20-,21-,26+,27+,29-/m1/s1. The van der Waals surface area contributed by atoms with Crippen LogP contribution in [-0.2, 0) is 16.0 Å². The Kier molecular flexibility index (Phi) is 9.96. The molecule has 0 radical (unpaired) electrons. The number of amides is 2. The number of fused-ring (bicyclic) bond motifs is 1. The number of aryl methyl sites for hydroxylation is 1. The molecule has 1 aliphatic carbocycles. The second-order valence-electron chi connectivity index (χ2n) is 13.9. The number of rotatable bonds is 12. The van der Waals surface area contributed by atoms with Gasteiger partial charge in [-0.25, -0.2) is 19.2 Å². The zero-order chi connectivity index (χ0) is 31.6. The highest BCUT2D eigenvalue weighted by molar-refractivity contribution is 5.94. The number of carbonyl (C=O) groups is 3. The van der Waals surface area contributed by atoms with Crippen LogP contribution in [0.5, 0.6) is 5.88 Å². The van der Waals surface area contributed by atoms with Crippen LogP contribution in [-0.4, -0.2) is 62.5 Å². The first-order chi connectivity index (χ1) is 20.2. The van der Waals surface area contributed by atoms with E-state index in [4.69, 9.17) is 9.72 Å². The largest absolute Gasteiger partial charge is 0.471 e. The molecule has 1 saturated carbocycles. The lowest BCUT2D eigenvalue weighted by molar-refractivity contribution is -0.143. The van der Waals surface area contributed by atoms with Gasteiger partial charge in [-0.2, -0.15) is 0 Å². The predicted molar refractivity (Wildman–Crippen MR) is 162 cm³/mol. The van der Waals surface area contributed by atoms with Gasteiger partial charge in [0.15, 0.2) is 5.78 Å². The number of hydrogen-bond donors (Lipinski definition) is 2. The molecule has 1 aromatic heterocycles. The molecule has 4 rings (SSSR count). The first-order valence-corrected chi connectivity index (χ1v) is 15.6. The van der Waals surface area contributed by atoms with E-state index in [2.05, 4.69) is 17.2 Å². The van der Waals surface area contributed by atoms with Gasteiger partial charge in [-0.1, -0.05) is 67.7 Å². The number of ketones is 1. The first-order valence-electron chi connectivity index (χ1n) is 15.6. The Hall–Kier alpha value is -3.30. The van der Waals surface area contributed by atoms with E-state index < -0.39 is 47.3 Å². The Morgan fingerprint density at radius 2 is 1.81 bits per heavy atom. The lowest BCUT2D eigenvalue weighted by Crippen LogP contribution is -2.57. The highest BCUT2D eigenvalue weighted by Crippen LogP contribution is 2.41. The van der Waals surface area contributed by atoms with Crippen molar-refractivity contribution >= 4 is 28.8 Å². The molecule has 43 heavy (non-hydrogen) atoms. The Morgan fingerprint density at radius 3 is 2.42 bits per heavy atom. The summed E-state index contributed by atoms with van der Waals surface area (Å²) < 4.78 is 20.6. The van der Waals surface area contributed by atoms with Crippen molar-refractivity contribution in [3.63, 3.8) is 0 Å². The number of Topliss-reactive ketones (excluding diaryl/α,β-unsaturated/α-hetero) is 1. The van der Waals surface area contributed by atoms with Crippen molar-refractivity contribution in [1.29, 1.82) is 0 Å². The molecule has 1 saturated heterocycles. The molecule has 2 heterocycles. The highest BCUT2D eigenvalue weighted by atomic mass is 19.1. The maximum atomic E-state index is 14.1. The Balaban J connectivity index is 1.60. The van der Waals surface area contributed by atoms with Gasteiger partial charge in [0, 0.05) is 17.9 Å². The minimum atomic E-state index is -1.31. The van der Waals surface area contributed by atoms with Gasteiger partial charge in [0.25, 0.3) is 0 Å². The van der Waals surface area contributed by atoms with E-state index in [1.165, 1.54) is 29.9 Å². The first kappa shape index (κ1) is 32.6. The molecule has 0 spiro atoms. The zero-order valence-corrected chi connectivity index (χ0v) is 26.5. The fourth-order valence-electron chi connectivity index (χ4n) is 6.15. The molecule has 2 amide bonds. The summed E-state index contributed by atoms with van der Waals surface area (Å²) in [5.74, 6) is 0.220. The third-order valence-corrected chi connectivity index (χ3v) is 9.01. The van der Waals surface area contributed by atoms with E-state index >= 15 is 0 Å². The Labute approximate surface area is 254 Å². The van der Waals surface area contributed by atoms with Gasteiger partial charge < -0.3 is 20.1 Å². The molecule has 0 bridgehead atoms. The number of likely N-dealkylation sites (tertiary alicyclic amines) is 1. The van der Waals surface area contributed by atoms with Crippen molar-refractivity contribution in [2.75, 3.05) is 6.54 Å². The van der Waals surface area contributed by atoms with Gasteiger partial charge in [0.1, 0.15) is 23.7 Å². The summed E-state index contributed by atoms with van der Waals surface area (Å²) in [4.78, 5) is 49.9. The molecule has 1 unspecified atom stereocenters. The summed E-state index contributed by atoms with van der Waals surface area (Å²) in [6.07, 6.45) is 4.43. The number of halogens is 1. The normalized spacial score (nSPS) is 24.3. The quantitative estimate of drug-likeness (QED) is 0.286. The third kappa shape index (κ3) is 7.81. The molecular weight excluding hydrogens is 551 g/mol. The number of ether oxygens (including phenoxy) is 1. The molecule has 2 fully saturated rings. The number of aromatic nitrogens is 2. The van der Waals surface area contributed by atoms with Gasteiger partial charge in [-0.3, -0.25) is 9.59 Å². The van der Waals surface area contributed by atoms with Crippen LogP contribution < -0.4 is 10.1 Å². The maximum Gasteiger partial charge on any atom is 0.405 e. The predicted octanol–water partition coefficient (Wildman–Crippen LogP) is 6.03. The van der Waals surface area contributed by atoms with Crippen molar-refractivity contribution in [3.8, 4) is 5.88 Å². The summed E-state index contributed by atoms with van der Waals surface area (Å²) in [5.41, 5.74) is 0.880. The summed E-state index contributed by atoms with van der Waals surface area (Å²) in [5, 5.41) is 11.8. The monoisotopic (exact) mass is 598 g/mol. The molecule has 1 aliphatic heterocycles. The highest BCUT2D eigenvalue weighted by Gasteiger charge is 2.50. The topological polar surface area (TPSA) is 122 Å². The summed E-state index contributed by atoms with van der Waals surface area (Å²) >= 11 is 0. The van der Waals surface area contributed by atoms with Gasteiger partial charge in [-0.15, -0.1) is 0 Å². The number of nitrogens with zero attached hydrogens (tertiary/aromatic N) is 3. The van der Waals surface area contributed by atoms with Crippen molar-refractivity contribution in [1.82, 2.24) is 20.2 Å². The van der Waals surface area contributed by atoms with Gasteiger partial charge in [0.05, 0.1) is 23.6 Å². The molecule has 1 aromatic carbocycles. The Bertz CT molecular complexity index is 1340. The second-order valence-corrected chi connectivity index (χ2v) is 13.9. The van der Waals surface area contributed by atoms with Crippen LogP contribution in [0.15, 0.2) is 18.2 Å². The van der Waals surface area contributed by atoms with Crippen molar-refractivity contribution in [2.24, 2.45) is 29.1 Å². The van der Waals surface area contributed by atoms with Crippen molar-refractivity contribution in [3.05, 3.63) is 29.7 Å². The fraction of sp³-hybridized carbons (Fsp3) is 0.667. The van der Waals surface area contributed by atoms with E-state index in [-0.39, 0.29) is 24.1 Å². The van der Waals surface area contributed by atoms with Crippen LogP contribution in [0, 0.1) is 34.9 Å². The molecule has 2 aliphatic rings. The lowest BCUT2D eigenvalue weighted by atomic mass is 9.85. The van der Waals surface area contributed by atoms with Crippen LogP contribution >= 0.6 is 0 Å². The van der Waals surface area contributed by atoms with Gasteiger partial charge >= 0.3 is 6.09 Å². The average molecular weight is 599 g/mol. The van der Waals surface area contributed by atoms with Gasteiger partial charge in [-0.05, 0) is 48.6 Å². The number of hydrogen-bond acceptors (Lipinski definition) is 6. The van der Waals surface area contributed by atoms with Gasteiger partial charge in [0.2, 0.25) is 11.8 Å². The van der Waals surface area contributed by atoms with Crippen molar-refractivity contribution in [2.45, 2.75) is 105 Å². The molecule has 9 nitrogen and oxygen atoms in total. The van der Waals surface area contributed by atoms with E-state index in [9.17, 15) is 23.9 Å². The van der Waals surface area contributed by atoms with Crippen LogP contribution in [0.2, 0.25) is 0 Å². The zero-order valence-electron chi connectivity index (χ0n) is 26.5. The smallest absolute Gasteiger partial charge is 0.405 e. The third-order valence-electron chi connectivity index (χ3n) is 9.01. The van der Waals surface area contributed by atoms with E-state index in [1.54, 1.807) is 40.7 Å². The summed E-state index contributed by atoms with van der Waals surface area (Å²) in [6.45, 7) is 13.2. The molecule has 2 aromatic rings. The Morgan fingerprint density at radius 1 is 1.12 bits per heavy atom. The maximum absolute atomic E-state index is 14.1. The van der Waals surface area contributed by atoms with Crippen LogP contribution in [0.25, 0.3) is 11.0 Å². The van der Waals surface area contributed by atoms with E-state index in [0.29, 0.717) is 23.1 Å². The molecule has 6 atom stereocenters. The number of carboxylic acid groups (broad SMARTS) is 1. The summed E-state index contributed by atoms with van der Waals surface area (Å²) in [6, 6.07) is 2.44. The SMILES string of the molecule is CC(C)C(=O)[C@@H]1[C@H](C)[C@@H](Oc2nc3cc(F)ccc3nc2CCCCC[C@@H]2CC2C)CN1C(=O)[C@@H](NC(=O)O)C(C)(C)C. The van der Waals surface area contributed by atoms with Crippen LogP contribution in [0.4, 0.5) is 9.18 Å². The second kappa shape index (κ2) is 13.1. The van der Waals surface area contributed by atoms with Crippen LogP contribution in [0.3, 0.4) is 0 Å². The molecule has 10 heteroatoms. The number of benzene rings is 1. The van der Waals surface area contributed by atoms with E-state index in [1.807, 2.05) is 6.92 Å². The minimum Gasteiger partial charge on any atom is -0.471 e. The fourth-order valence-corrected chi connectivity index (χ4v) is 6.15. The van der Waals surface area contributed by atoms with E-state index in [0.717, 1.165) is 31.1 Å². The van der Waals surface area contributed by atoms with Crippen molar-refractivity contribution < 1.29 is 28.6 Å². The number of carbonyl (C=O) groups excluding carboxylic acids is 2. The van der Waals surface area contributed by atoms with Crippen LogP contribution in [0.1, 0.15) is 86.3 Å². The molecule has 2 N–H and O–H groups in total. The lowest BCUT2D eigenvalue weighted by Gasteiger charge is -2.35. The molecule has 236 valence electrons. The minimum absolute atomic E-state index is 0.0822. The summed E-state index contributed by atoms with van der Waals surface area (Å²) in [7, 11) is 0. The number of unbranched alkanes of at least 4 members (excludes halogenated alkanes) is 2. The molecular formula is C33H47FN4O5. The average Bonchev–Trinajstić information content (AvgIpc) is 3.53. The number of nitrogens with one attached hydrogen (secondary N) is 1.